The van der Waals surface area contributed by atoms with Gasteiger partial charge in [0.15, 0.2) is 0 Å². The third-order valence-corrected chi connectivity index (χ3v) is 3.99. The van der Waals surface area contributed by atoms with E-state index < -0.39 is 0 Å². The van der Waals surface area contributed by atoms with Gasteiger partial charge in [-0.15, -0.1) is 0 Å². The first-order valence-corrected chi connectivity index (χ1v) is 7.13. The molecule has 0 saturated carbocycles. The monoisotopic (exact) mass is 266 g/mol. The topological polar surface area (TPSA) is 0 Å². The second-order valence-corrected chi connectivity index (χ2v) is 5.17. The molecule has 62 valence electrons. The number of hydrogen-bond acceptors (Lipinski definition) is 0. The molecule has 0 aliphatic carbocycles. The summed E-state index contributed by atoms with van der Waals surface area (Å²) in [4.78, 5) is 0. The summed E-state index contributed by atoms with van der Waals surface area (Å²) in [5, 5.41) is 0. The number of rotatable bonds is 5. The summed E-state index contributed by atoms with van der Waals surface area (Å²) < 4.78 is 4.84. The Morgan fingerprint density at radius 1 is 1.27 bits per heavy atom. The van der Waals surface area contributed by atoms with E-state index in [1.165, 1.54) is 32.1 Å². The Morgan fingerprint density at radius 3 is 2.82 bits per heavy atom. The quantitative estimate of drug-likeness (QED) is 0.566. The van der Waals surface area contributed by atoms with Crippen LogP contribution in [0.3, 0.4) is 0 Å². The van der Waals surface area contributed by atoms with Gasteiger partial charge < -0.3 is 0 Å². The minimum absolute atomic E-state index is 0.181. The molecule has 0 amide bonds. The van der Waals surface area contributed by atoms with E-state index in [0.717, 1.165) is 0 Å². The molecule has 1 rings (SSSR count). The van der Waals surface area contributed by atoms with Crippen molar-refractivity contribution in [2.75, 3.05) is 0 Å². The molecule has 1 heterocycles. The Labute approximate surface area is 79.2 Å². The normalized spacial score (nSPS) is 10.3. The van der Waals surface area contributed by atoms with E-state index in [1.54, 1.807) is 5.56 Å². The van der Waals surface area contributed by atoms with Crippen LogP contribution >= 0.6 is 0 Å². The summed E-state index contributed by atoms with van der Waals surface area (Å²) in [7, 11) is 0. The van der Waals surface area contributed by atoms with Gasteiger partial charge in [0, 0.05) is 0 Å². The fourth-order valence-electron chi connectivity index (χ4n) is 1.19. The van der Waals surface area contributed by atoms with Crippen molar-refractivity contribution in [3.63, 3.8) is 0 Å². The molecule has 0 spiro atoms. The molecule has 0 N–H and O–H groups in total. The molecule has 0 saturated heterocycles. The van der Waals surface area contributed by atoms with E-state index in [4.69, 9.17) is 0 Å². The first kappa shape index (κ1) is 9.36. The fraction of sp³-hybridized carbons (Fsp3) is 0.600. The molecular formula is C10H16Te. The maximum absolute atomic E-state index is 2.47. The first-order valence-electron chi connectivity index (χ1n) is 4.44. The average molecular weight is 264 g/mol. The second kappa shape index (κ2) is 5.86. The molecule has 0 aliphatic rings. The fourth-order valence-corrected chi connectivity index (χ4v) is 3.20. The van der Waals surface area contributed by atoms with Gasteiger partial charge in [0.1, 0.15) is 0 Å². The van der Waals surface area contributed by atoms with E-state index in [-0.39, 0.29) is 20.4 Å². The summed E-state index contributed by atoms with van der Waals surface area (Å²) >= 11 is 0.181. The van der Waals surface area contributed by atoms with E-state index in [2.05, 4.69) is 21.2 Å². The van der Waals surface area contributed by atoms with Gasteiger partial charge in [0.05, 0.1) is 0 Å². The van der Waals surface area contributed by atoms with Crippen LogP contribution in [0.5, 0.6) is 0 Å². The second-order valence-electron chi connectivity index (χ2n) is 2.94. The minimum atomic E-state index is 0.181. The van der Waals surface area contributed by atoms with Gasteiger partial charge in [-0.1, -0.05) is 0 Å². The van der Waals surface area contributed by atoms with Gasteiger partial charge in [0.25, 0.3) is 0 Å². The summed E-state index contributed by atoms with van der Waals surface area (Å²) in [6.07, 6.45) is 6.91. The van der Waals surface area contributed by atoms with Crippen LogP contribution in [0.4, 0.5) is 0 Å². The van der Waals surface area contributed by atoms with Crippen molar-refractivity contribution in [2.24, 2.45) is 0 Å². The molecule has 0 radical (unpaired) electrons. The molecule has 1 aromatic heterocycles. The Hall–Kier alpha value is 0.270. The van der Waals surface area contributed by atoms with Crippen LogP contribution in [0.15, 0.2) is 14.2 Å². The van der Waals surface area contributed by atoms with Gasteiger partial charge >= 0.3 is 79.3 Å². The number of hydrogen-bond donors (Lipinski definition) is 0. The zero-order chi connectivity index (χ0) is 7.94. The Kier molecular flexibility index (Phi) is 4.99. The zero-order valence-corrected chi connectivity index (χ0v) is 9.51. The summed E-state index contributed by atoms with van der Waals surface area (Å²) in [5.41, 5.74) is 1.61. The molecule has 0 fully saturated rings. The van der Waals surface area contributed by atoms with Crippen molar-refractivity contribution >= 4 is 20.4 Å². The summed E-state index contributed by atoms with van der Waals surface area (Å²) in [6.45, 7) is 2.27. The molecule has 0 aliphatic heterocycles. The predicted molar refractivity (Wildman–Crippen MR) is 51.2 cm³/mol. The maximum atomic E-state index is 2.47. The molecular weight excluding hydrogens is 248 g/mol. The van der Waals surface area contributed by atoms with E-state index in [9.17, 15) is 0 Å². The molecule has 0 unspecified atom stereocenters. The summed E-state index contributed by atoms with van der Waals surface area (Å²) in [6, 6.07) is 2.33. The molecule has 1 aromatic rings. The molecule has 0 atom stereocenters. The standard InChI is InChI=1S/C10H16Te/c1-2-3-4-5-6-10-7-8-11-9-10/h7-9H,2-6H2,1H3. The van der Waals surface area contributed by atoms with Gasteiger partial charge in [-0.25, -0.2) is 0 Å². The molecule has 0 aromatic carbocycles. The average Bonchev–Trinajstić information content (AvgIpc) is 2.50. The van der Waals surface area contributed by atoms with Crippen molar-refractivity contribution < 1.29 is 0 Å². The van der Waals surface area contributed by atoms with Crippen LogP contribution in [-0.2, 0) is 6.42 Å². The van der Waals surface area contributed by atoms with E-state index in [0.29, 0.717) is 0 Å². The Morgan fingerprint density at radius 2 is 2.18 bits per heavy atom. The van der Waals surface area contributed by atoms with Crippen molar-refractivity contribution in [3.8, 4) is 0 Å². The SMILES string of the molecule is CCCCCCc1cc[te]c1. The zero-order valence-electron chi connectivity index (χ0n) is 7.18. The molecule has 11 heavy (non-hydrogen) atoms. The molecule has 1 heteroatoms. The first-order chi connectivity index (χ1) is 5.43. The Bertz CT molecular complexity index is 165. The van der Waals surface area contributed by atoms with Crippen LogP contribution in [0, 0.1) is 0 Å². The molecule has 0 nitrogen and oxygen atoms in total. The van der Waals surface area contributed by atoms with Crippen LogP contribution < -0.4 is 0 Å². The van der Waals surface area contributed by atoms with Gasteiger partial charge in [0.2, 0.25) is 0 Å². The van der Waals surface area contributed by atoms with Crippen molar-refractivity contribution in [3.05, 3.63) is 19.8 Å². The Balaban J connectivity index is 2.04. The van der Waals surface area contributed by atoms with Crippen molar-refractivity contribution in [1.29, 1.82) is 0 Å². The van der Waals surface area contributed by atoms with E-state index >= 15 is 0 Å². The van der Waals surface area contributed by atoms with Crippen molar-refractivity contribution in [1.82, 2.24) is 0 Å². The van der Waals surface area contributed by atoms with Crippen LogP contribution in [0.1, 0.15) is 38.2 Å². The number of unbranched alkanes of at least 4 members (excludes halogenated alkanes) is 3. The predicted octanol–water partition coefficient (Wildman–Crippen LogP) is 2.87. The third kappa shape index (κ3) is 3.99. The van der Waals surface area contributed by atoms with E-state index in [1.807, 2.05) is 0 Å². The third-order valence-electron chi connectivity index (χ3n) is 1.90. The van der Waals surface area contributed by atoms with Crippen molar-refractivity contribution in [2.45, 2.75) is 39.0 Å². The van der Waals surface area contributed by atoms with Gasteiger partial charge in [-0.05, 0) is 0 Å². The van der Waals surface area contributed by atoms with Crippen LogP contribution in [-0.4, -0.2) is 20.4 Å². The van der Waals surface area contributed by atoms with Gasteiger partial charge in [-0.3, -0.25) is 0 Å². The number of aryl methyl sites for hydroxylation is 1. The molecule has 0 bridgehead atoms. The van der Waals surface area contributed by atoms with Gasteiger partial charge in [-0.2, -0.15) is 0 Å². The summed E-state index contributed by atoms with van der Waals surface area (Å²) in [5.74, 6) is 0. The van der Waals surface area contributed by atoms with Crippen LogP contribution in [0.25, 0.3) is 0 Å². The van der Waals surface area contributed by atoms with Crippen LogP contribution in [0.2, 0.25) is 0 Å².